The van der Waals surface area contributed by atoms with Crippen molar-refractivity contribution in [2.24, 2.45) is 0 Å². The van der Waals surface area contributed by atoms with Crippen molar-refractivity contribution in [1.29, 1.82) is 0 Å². The number of rotatable bonds is 11. The zero-order valence-electron chi connectivity index (χ0n) is 15.5. The molecule has 5 nitrogen and oxygen atoms in total. The molecule has 0 radical (unpaired) electrons. The molecule has 0 saturated carbocycles. The molecule has 0 bridgehead atoms. The van der Waals surface area contributed by atoms with Crippen LogP contribution in [0.5, 0.6) is 5.75 Å². The van der Waals surface area contributed by atoms with E-state index >= 15 is 0 Å². The summed E-state index contributed by atoms with van der Waals surface area (Å²) in [6.45, 7) is 6.54. The third-order valence-corrected chi connectivity index (χ3v) is 4.30. The van der Waals surface area contributed by atoms with Gasteiger partial charge in [-0.1, -0.05) is 11.6 Å². The summed E-state index contributed by atoms with van der Waals surface area (Å²) < 4.78 is 5.61. The fourth-order valence-electron chi connectivity index (χ4n) is 2.46. The Morgan fingerprint density at radius 3 is 2.20 bits per heavy atom. The minimum Gasteiger partial charge on any atom is -0.494 e. The lowest BCUT2D eigenvalue weighted by Gasteiger charge is -2.19. The van der Waals surface area contributed by atoms with E-state index in [0.29, 0.717) is 37.4 Å². The lowest BCUT2D eigenvalue weighted by molar-refractivity contribution is -0.132. The number of hydrogen-bond acceptors (Lipinski definition) is 3. The van der Waals surface area contributed by atoms with Crippen molar-refractivity contribution < 1.29 is 14.3 Å². The Morgan fingerprint density at radius 2 is 1.60 bits per heavy atom. The smallest absolute Gasteiger partial charge is 0.222 e. The van der Waals surface area contributed by atoms with Crippen LogP contribution in [0.15, 0.2) is 24.3 Å². The number of ether oxygens (including phenoxy) is 1. The van der Waals surface area contributed by atoms with E-state index in [1.807, 2.05) is 26.0 Å². The summed E-state index contributed by atoms with van der Waals surface area (Å²) in [7, 11) is 1.79. The van der Waals surface area contributed by atoms with Gasteiger partial charge in [0.15, 0.2) is 0 Å². The SMILES string of the molecule is CCN(CC)C(=O)CCCC(=O)N(C)CCCOc1ccc(Cl)cc1. The number of carbonyl (C=O) groups is 2. The Balaban J connectivity index is 2.17. The third-order valence-electron chi connectivity index (χ3n) is 4.04. The van der Waals surface area contributed by atoms with Crippen molar-refractivity contribution in [1.82, 2.24) is 9.80 Å². The summed E-state index contributed by atoms with van der Waals surface area (Å²) in [5, 5.41) is 0.678. The fourth-order valence-corrected chi connectivity index (χ4v) is 2.59. The van der Waals surface area contributed by atoms with Gasteiger partial charge in [0.2, 0.25) is 11.8 Å². The number of carbonyl (C=O) groups excluding carboxylic acids is 2. The molecule has 0 N–H and O–H groups in total. The number of hydrogen-bond donors (Lipinski definition) is 0. The van der Waals surface area contributed by atoms with E-state index in [-0.39, 0.29) is 11.8 Å². The summed E-state index contributed by atoms with van der Waals surface area (Å²) in [5.74, 6) is 0.962. The molecule has 0 aliphatic heterocycles. The molecule has 0 heterocycles. The van der Waals surface area contributed by atoms with Crippen molar-refractivity contribution in [2.45, 2.75) is 39.5 Å². The molecule has 0 saturated heterocycles. The first-order valence-electron chi connectivity index (χ1n) is 8.88. The van der Waals surface area contributed by atoms with Gasteiger partial charge >= 0.3 is 0 Å². The van der Waals surface area contributed by atoms with Crippen molar-refractivity contribution in [3.05, 3.63) is 29.3 Å². The molecule has 1 aromatic rings. The second-order valence-corrected chi connectivity index (χ2v) is 6.33. The zero-order chi connectivity index (χ0) is 18.7. The second-order valence-electron chi connectivity index (χ2n) is 5.89. The van der Waals surface area contributed by atoms with E-state index in [9.17, 15) is 9.59 Å². The maximum atomic E-state index is 12.1. The van der Waals surface area contributed by atoms with Crippen molar-refractivity contribution in [3.8, 4) is 5.75 Å². The lowest BCUT2D eigenvalue weighted by atomic mass is 10.2. The number of benzene rings is 1. The van der Waals surface area contributed by atoms with E-state index in [4.69, 9.17) is 16.3 Å². The number of nitrogens with zero attached hydrogens (tertiary/aromatic N) is 2. The highest BCUT2D eigenvalue weighted by molar-refractivity contribution is 6.30. The second kappa shape index (κ2) is 11.7. The monoisotopic (exact) mass is 368 g/mol. The third kappa shape index (κ3) is 8.25. The normalized spacial score (nSPS) is 10.4. The quantitative estimate of drug-likeness (QED) is 0.561. The number of halogens is 1. The van der Waals surface area contributed by atoms with Gasteiger partial charge in [-0.3, -0.25) is 9.59 Å². The van der Waals surface area contributed by atoms with E-state index in [1.54, 1.807) is 29.0 Å². The minimum atomic E-state index is 0.0684. The van der Waals surface area contributed by atoms with Gasteiger partial charge in [-0.05, 0) is 51.0 Å². The van der Waals surface area contributed by atoms with E-state index in [0.717, 1.165) is 25.3 Å². The van der Waals surface area contributed by atoms with Crippen LogP contribution < -0.4 is 4.74 Å². The maximum absolute atomic E-state index is 12.1. The molecule has 0 aromatic heterocycles. The summed E-state index contributed by atoms with van der Waals surface area (Å²) in [6.07, 6.45) is 2.19. The van der Waals surface area contributed by atoms with Gasteiger partial charge < -0.3 is 14.5 Å². The van der Waals surface area contributed by atoms with Crippen LogP contribution in [0.2, 0.25) is 5.02 Å². The molecule has 0 atom stereocenters. The van der Waals surface area contributed by atoms with Crippen molar-refractivity contribution >= 4 is 23.4 Å². The van der Waals surface area contributed by atoms with Crippen LogP contribution in [0.3, 0.4) is 0 Å². The van der Waals surface area contributed by atoms with Crippen LogP contribution in [0.25, 0.3) is 0 Å². The Morgan fingerprint density at radius 1 is 1.00 bits per heavy atom. The molecule has 1 rings (SSSR count). The molecule has 0 aliphatic rings. The standard InChI is InChI=1S/C19H29ClN2O3/c1-4-22(5-2)19(24)9-6-8-18(23)21(3)14-7-15-25-17-12-10-16(20)11-13-17/h10-13H,4-9,14-15H2,1-3H3. The van der Waals surface area contributed by atoms with E-state index in [2.05, 4.69) is 0 Å². The molecule has 140 valence electrons. The molecule has 0 fully saturated rings. The van der Waals surface area contributed by atoms with Gasteiger partial charge in [-0.2, -0.15) is 0 Å². The Labute approximate surface area is 155 Å². The summed E-state index contributed by atoms with van der Waals surface area (Å²) in [5.41, 5.74) is 0. The summed E-state index contributed by atoms with van der Waals surface area (Å²) in [4.78, 5) is 27.5. The van der Waals surface area contributed by atoms with Gasteiger partial charge in [-0.25, -0.2) is 0 Å². The first-order chi connectivity index (χ1) is 12.0. The van der Waals surface area contributed by atoms with Gasteiger partial charge in [-0.15, -0.1) is 0 Å². The molecule has 0 unspecified atom stereocenters. The molecular formula is C19H29ClN2O3. The van der Waals surface area contributed by atoms with Crippen LogP contribution in [0.4, 0.5) is 0 Å². The summed E-state index contributed by atoms with van der Waals surface area (Å²) in [6, 6.07) is 7.21. The zero-order valence-corrected chi connectivity index (χ0v) is 16.2. The van der Waals surface area contributed by atoms with Crippen LogP contribution >= 0.6 is 11.6 Å². The van der Waals surface area contributed by atoms with E-state index in [1.165, 1.54) is 0 Å². The van der Waals surface area contributed by atoms with Gasteiger partial charge in [0.25, 0.3) is 0 Å². The average molecular weight is 369 g/mol. The predicted octanol–water partition coefficient (Wildman–Crippen LogP) is 3.61. The lowest BCUT2D eigenvalue weighted by Crippen LogP contribution is -2.31. The average Bonchev–Trinajstić information content (AvgIpc) is 2.61. The summed E-state index contributed by atoms with van der Waals surface area (Å²) >= 11 is 5.82. The van der Waals surface area contributed by atoms with Crippen molar-refractivity contribution in [3.63, 3.8) is 0 Å². The Hall–Kier alpha value is -1.75. The van der Waals surface area contributed by atoms with Gasteiger partial charge in [0.05, 0.1) is 6.61 Å². The molecular weight excluding hydrogens is 340 g/mol. The van der Waals surface area contributed by atoms with Crippen molar-refractivity contribution in [2.75, 3.05) is 33.3 Å². The number of amides is 2. The first kappa shape index (κ1) is 21.3. The Kier molecular flexibility index (Phi) is 10.0. The predicted molar refractivity (Wildman–Crippen MR) is 101 cm³/mol. The van der Waals surface area contributed by atoms with Crippen LogP contribution in [-0.4, -0.2) is 54.9 Å². The minimum absolute atomic E-state index is 0.0684. The molecule has 25 heavy (non-hydrogen) atoms. The Bertz CT molecular complexity index is 530. The topological polar surface area (TPSA) is 49.9 Å². The first-order valence-corrected chi connectivity index (χ1v) is 9.25. The molecule has 6 heteroatoms. The molecule has 0 aliphatic carbocycles. The highest BCUT2D eigenvalue weighted by atomic mass is 35.5. The maximum Gasteiger partial charge on any atom is 0.222 e. The highest BCUT2D eigenvalue weighted by Crippen LogP contribution is 2.15. The molecule has 2 amide bonds. The van der Waals surface area contributed by atoms with Gasteiger partial charge in [0, 0.05) is 44.5 Å². The largest absolute Gasteiger partial charge is 0.494 e. The van der Waals surface area contributed by atoms with Crippen LogP contribution in [0.1, 0.15) is 39.5 Å². The molecule has 1 aromatic carbocycles. The van der Waals surface area contributed by atoms with Gasteiger partial charge in [0.1, 0.15) is 5.75 Å². The fraction of sp³-hybridized carbons (Fsp3) is 0.579. The van der Waals surface area contributed by atoms with E-state index < -0.39 is 0 Å². The van der Waals surface area contributed by atoms with Crippen LogP contribution in [0, 0.1) is 0 Å². The highest BCUT2D eigenvalue weighted by Gasteiger charge is 2.12. The molecule has 0 spiro atoms. The van der Waals surface area contributed by atoms with Crippen LogP contribution in [-0.2, 0) is 9.59 Å².